The third kappa shape index (κ3) is 1.98. The minimum atomic E-state index is -1.34. The van der Waals surface area contributed by atoms with E-state index in [-0.39, 0.29) is 13.2 Å². The highest BCUT2D eigenvalue weighted by molar-refractivity contribution is 4.97. The molecule has 0 radical (unpaired) electrons. The lowest BCUT2D eigenvalue weighted by Gasteiger charge is -2.40. The van der Waals surface area contributed by atoms with Gasteiger partial charge in [-0.05, 0) is 0 Å². The molecule has 1 fully saturated rings. The fourth-order valence-corrected chi connectivity index (χ4v) is 1.47. The van der Waals surface area contributed by atoms with E-state index in [2.05, 4.69) is 5.32 Å². The van der Waals surface area contributed by atoms with Crippen molar-refractivity contribution in [3.8, 4) is 0 Å². The zero-order valence-electron chi connectivity index (χ0n) is 7.04. The molecule has 0 aromatic heterocycles. The van der Waals surface area contributed by atoms with E-state index in [1.54, 1.807) is 0 Å². The van der Waals surface area contributed by atoms with Gasteiger partial charge < -0.3 is 30.8 Å². The summed E-state index contributed by atoms with van der Waals surface area (Å²) in [4.78, 5) is 0. The van der Waals surface area contributed by atoms with Crippen LogP contribution in [0.3, 0.4) is 0 Å². The van der Waals surface area contributed by atoms with E-state index < -0.39 is 30.4 Å². The first-order valence-electron chi connectivity index (χ1n) is 4.13. The van der Waals surface area contributed by atoms with Crippen molar-refractivity contribution in [1.82, 2.24) is 5.32 Å². The number of hydrogen-bond donors (Lipinski definition) is 6. The molecule has 0 aromatic carbocycles. The average Bonchev–Trinajstić information content (AvgIpc) is 2.15. The highest BCUT2D eigenvalue weighted by Crippen LogP contribution is 2.14. The fourth-order valence-electron chi connectivity index (χ4n) is 1.47. The predicted molar refractivity (Wildman–Crippen MR) is 42.9 cm³/mol. The van der Waals surface area contributed by atoms with E-state index >= 15 is 0 Å². The van der Waals surface area contributed by atoms with Crippen molar-refractivity contribution < 1.29 is 25.5 Å². The molecule has 0 bridgehead atoms. The average molecular weight is 193 g/mol. The molecule has 5 atom stereocenters. The molecule has 1 saturated heterocycles. The first-order chi connectivity index (χ1) is 6.11. The Kier molecular flexibility index (Phi) is 3.60. The Morgan fingerprint density at radius 1 is 0.769 bits per heavy atom. The summed E-state index contributed by atoms with van der Waals surface area (Å²) in [5.41, 5.74) is 0. The van der Waals surface area contributed by atoms with Gasteiger partial charge in [0, 0.05) is 0 Å². The van der Waals surface area contributed by atoms with Crippen LogP contribution in [0, 0.1) is 0 Å². The zero-order valence-corrected chi connectivity index (χ0v) is 7.04. The highest BCUT2D eigenvalue weighted by atomic mass is 16.4. The van der Waals surface area contributed by atoms with Gasteiger partial charge in [-0.15, -0.1) is 0 Å². The molecule has 0 saturated carbocycles. The molecule has 13 heavy (non-hydrogen) atoms. The van der Waals surface area contributed by atoms with E-state index in [0.717, 1.165) is 0 Å². The van der Waals surface area contributed by atoms with Crippen molar-refractivity contribution >= 4 is 0 Å². The van der Waals surface area contributed by atoms with Crippen LogP contribution in [-0.2, 0) is 0 Å². The molecule has 0 aromatic rings. The number of aliphatic hydroxyl groups excluding tert-OH is 5. The Bertz CT molecular complexity index is 147. The summed E-state index contributed by atoms with van der Waals surface area (Å²) >= 11 is 0. The second-order valence-electron chi connectivity index (χ2n) is 3.22. The summed E-state index contributed by atoms with van der Waals surface area (Å²) in [5, 5.41) is 48.1. The topological polar surface area (TPSA) is 113 Å². The highest BCUT2D eigenvalue weighted by Gasteiger charge is 2.41. The van der Waals surface area contributed by atoms with Crippen LogP contribution in [0.1, 0.15) is 0 Å². The van der Waals surface area contributed by atoms with Gasteiger partial charge in [0.05, 0.1) is 37.5 Å². The lowest BCUT2D eigenvalue weighted by molar-refractivity contribution is -0.125. The van der Waals surface area contributed by atoms with Gasteiger partial charge in [-0.25, -0.2) is 0 Å². The van der Waals surface area contributed by atoms with Gasteiger partial charge in [0.25, 0.3) is 0 Å². The molecule has 1 rings (SSSR count). The minimum Gasteiger partial charge on any atom is -0.395 e. The predicted octanol–water partition coefficient (Wildman–Crippen LogP) is -3.61. The maximum atomic E-state index is 9.31. The monoisotopic (exact) mass is 193 g/mol. The second kappa shape index (κ2) is 4.32. The molecule has 6 nitrogen and oxygen atoms in total. The first-order valence-corrected chi connectivity index (χ1v) is 4.13. The molecule has 6 heteroatoms. The van der Waals surface area contributed by atoms with E-state index in [0.29, 0.717) is 0 Å². The van der Waals surface area contributed by atoms with Gasteiger partial charge in [-0.1, -0.05) is 0 Å². The molecule has 1 aliphatic heterocycles. The molecule has 0 spiro atoms. The normalized spacial score (nSPS) is 46.4. The van der Waals surface area contributed by atoms with Crippen molar-refractivity contribution in [2.45, 2.75) is 30.4 Å². The molecule has 0 aliphatic carbocycles. The second-order valence-corrected chi connectivity index (χ2v) is 3.22. The molecule has 3 unspecified atom stereocenters. The Hall–Kier alpha value is -0.240. The Morgan fingerprint density at radius 3 is 1.46 bits per heavy atom. The number of hydrogen-bond acceptors (Lipinski definition) is 6. The van der Waals surface area contributed by atoms with Crippen molar-refractivity contribution in [2.24, 2.45) is 0 Å². The summed E-state index contributed by atoms with van der Waals surface area (Å²) in [5.74, 6) is 0. The SMILES string of the molecule is OCC1N[C@H](CO)C(O)C(O)[C@H]1O. The maximum Gasteiger partial charge on any atom is 0.109 e. The van der Waals surface area contributed by atoms with Gasteiger partial charge in [0.2, 0.25) is 0 Å². The molecular weight excluding hydrogens is 178 g/mol. The van der Waals surface area contributed by atoms with Crippen LogP contribution >= 0.6 is 0 Å². The van der Waals surface area contributed by atoms with Crippen molar-refractivity contribution in [1.29, 1.82) is 0 Å². The standard InChI is InChI=1S/C7H15NO5/c9-1-3-5(11)7(13)6(12)4(2-10)8-3/h3-13H,1-2H2/t3-,4?,5?,6+,7?/m1/s1. The van der Waals surface area contributed by atoms with E-state index in [4.69, 9.17) is 10.2 Å². The molecule has 6 N–H and O–H groups in total. The summed E-state index contributed by atoms with van der Waals surface area (Å²) in [6.45, 7) is -0.719. The van der Waals surface area contributed by atoms with Crippen molar-refractivity contribution in [2.75, 3.05) is 13.2 Å². The third-order valence-corrected chi connectivity index (χ3v) is 2.35. The lowest BCUT2D eigenvalue weighted by atomic mass is 9.91. The van der Waals surface area contributed by atoms with Crippen LogP contribution in [0.2, 0.25) is 0 Å². The van der Waals surface area contributed by atoms with Gasteiger partial charge in [0.1, 0.15) is 6.10 Å². The molecule has 1 heterocycles. The van der Waals surface area contributed by atoms with Crippen LogP contribution in [0.4, 0.5) is 0 Å². The van der Waals surface area contributed by atoms with Crippen LogP contribution in [-0.4, -0.2) is 69.1 Å². The van der Waals surface area contributed by atoms with E-state index in [1.807, 2.05) is 0 Å². The van der Waals surface area contributed by atoms with Gasteiger partial charge >= 0.3 is 0 Å². The summed E-state index contributed by atoms with van der Waals surface area (Å²) < 4.78 is 0. The number of piperidine rings is 1. The fraction of sp³-hybridized carbons (Fsp3) is 1.00. The summed E-state index contributed by atoms with van der Waals surface area (Å²) in [6.07, 6.45) is -3.78. The lowest BCUT2D eigenvalue weighted by Crippen LogP contribution is -2.66. The zero-order chi connectivity index (χ0) is 10.0. The minimum absolute atomic E-state index is 0.360. The molecular formula is C7H15NO5. The Labute approximate surface area is 75.4 Å². The Morgan fingerprint density at radius 2 is 1.15 bits per heavy atom. The van der Waals surface area contributed by atoms with Gasteiger partial charge in [0.15, 0.2) is 0 Å². The molecule has 1 aliphatic rings. The van der Waals surface area contributed by atoms with Crippen LogP contribution in [0.15, 0.2) is 0 Å². The van der Waals surface area contributed by atoms with Crippen molar-refractivity contribution in [3.63, 3.8) is 0 Å². The van der Waals surface area contributed by atoms with Gasteiger partial charge in [-0.2, -0.15) is 0 Å². The summed E-state index contributed by atoms with van der Waals surface area (Å²) in [7, 11) is 0. The number of nitrogens with one attached hydrogen (secondary N) is 1. The van der Waals surface area contributed by atoms with Crippen LogP contribution in [0.25, 0.3) is 0 Å². The smallest absolute Gasteiger partial charge is 0.109 e. The quantitative estimate of drug-likeness (QED) is 0.270. The number of rotatable bonds is 2. The van der Waals surface area contributed by atoms with E-state index in [1.165, 1.54) is 0 Å². The summed E-state index contributed by atoms with van der Waals surface area (Å²) in [6, 6.07) is -1.42. The maximum absolute atomic E-state index is 9.31. The van der Waals surface area contributed by atoms with Crippen LogP contribution < -0.4 is 5.32 Å². The van der Waals surface area contributed by atoms with Crippen LogP contribution in [0.5, 0.6) is 0 Å². The van der Waals surface area contributed by atoms with E-state index in [9.17, 15) is 15.3 Å². The number of aliphatic hydroxyl groups is 5. The molecule has 0 amide bonds. The molecule has 78 valence electrons. The first kappa shape index (κ1) is 10.8. The Balaban J connectivity index is 2.66. The third-order valence-electron chi connectivity index (χ3n) is 2.35. The van der Waals surface area contributed by atoms with Crippen molar-refractivity contribution in [3.05, 3.63) is 0 Å². The van der Waals surface area contributed by atoms with Gasteiger partial charge in [-0.3, -0.25) is 0 Å². The largest absolute Gasteiger partial charge is 0.395 e.